The number of thiophene rings is 1. The number of hydrogen-bond donors (Lipinski definition) is 1. The van der Waals surface area contributed by atoms with Crippen molar-refractivity contribution in [1.29, 1.82) is 5.26 Å². The van der Waals surface area contributed by atoms with Gasteiger partial charge in [-0.25, -0.2) is 0 Å². The summed E-state index contributed by atoms with van der Waals surface area (Å²) in [7, 11) is 0. The SMILES string of the molecule is Cc1ccc(Cn2c(C(=O)Nc3sc4c(c3C#N)CCCC4)cc3occc32)cc1. The number of aromatic nitrogens is 1. The molecule has 0 unspecified atom stereocenters. The molecule has 5 nitrogen and oxygen atoms in total. The van der Waals surface area contributed by atoms with Crippen LogP contribution in [0.3, 0.4) is 0 Å². The van der Waals surface area contributed by atoms with Crippen LogP contribution < -0.4 is 5.32 Å². The zero-order valence-corrected chi connectivity index (χ0v) is 17.5. The van der Waals surface area contributed by atoms with E-state index in [-0.39, 0.29) is 5.91 Å². The highest BCUT2D eigenvalue weighted by atomic mass is 32.1. The van der Waals surface area contributed by atoms with E-state index in [1.54, 1.807) is 23.7 Å². The van der Waals surface area contributed by atoms with Crippen LogP contribution in [0.4, 0.5) is 5.00 Å². The third-order valence-corrected chi connectivity index (χ3v) is 6.93. The molecule has 3 heterocycles. The van der Waals surface area contributed by atoms with Crippen molar-refractivity contribution in [3.63, 3.8) is 0 Å². The Balaban J connectivity index is 1.50. The number of rotatable bonds is 4. The Morgan fingerprint density at radius 2 is 2.03 bits per heavy atom. The normalized spacial score (nSPS) is 13.2. The van der Waals surface area contributed by atoms with E-state index < -0.39 is 0 Å². The number of anilines is 1. The summed E-state index contributed by atoms with van der Waals surface area (Å²) >= 11 is 1.54. The van der Waals surface area contributed by atoms with Gasteiger partial charge in [0.1, 0.15) is 16.8 Å². The molecule has 1 aliphatic rings. The fraction of sp³-hybridized carbons (Fsp3) is 0.250. The molecular formula is C24H21N3O2S. The highest BCUT2D eigenvalue weighted by Crippen LogP contribution is 2.38. The maximum atomic E-state index is 13.3. The molecule has 4 aromatic rings. The molecule has 0 atom stereocenters. The quantitative estimate of drug-likeness (QED) is 0.468. The monoisotopic (exact) mass is 415 g/mol. The molecule has 5 rings (SSSR count). The number of furan rings is 1. The van der Waals surface area contributed by atoms with Crippen molar-refractivity contribution in [3.05, 3.63) is 75.5 Å². The first kappa shape index (κ1) is 18.7. The fourth-order valence-electron chi connectivity index (χ4n) is 4.15. The average Bonchev–Trinajstić information content (AvgIpc) is 3.43. The van der Waals surface area contributed by atoms with Crippen LogP contribution in [0.2, 0.25) is 0 Å². The topological polar surface area (TPSA) is 71.0 Å². The van der Waals surface area contributed by atoms with Crippen molar-refractivity contribution >= 4 is 33.3 Å². The summed E-state index contributed by atoms with van der Waals surface area (Å²) in [4.78, 5) is 14.5. The Morgan fingerprint density at radius 3 is 2.83 bits per heavy atom. The second-order valence-corrected chi connectivity index (χ2v) is 8.86. The number of amides is 1. The maximum absolute atomic E-state index is 13.3. The third-order valence-electron chi connectivity index (χ3n) is 5.73. The second-order valence-electron chi connectivity index (χ2n) is 7.75. The van der Waals surface area contributed by atoms with Crippen LogP contribution in [0, 0.1) is 18.3 Å². The van der Waals surface area contributed by atoms with Gasteiger partial charge in [0.25, 0.3) is 5.91 Å². The fourth-order valence-corrected chi connectivity index (χ4v) is 5.39. The van der Waals surface area contributed by atoms with Crippen LogP contribution in [0.25, 0.3) is 11.1 Å². The Morgan fingerprint density at radius 1 is 1.23 bits per heavy atom. The molecule has 1 aliphatic carbocycles. The van der Waals surface area contributed by atoms with E-state index in [4.69, 9.17) is 4.42 Å². The lowest BCUT2D eigenvalue weighted by Crippen LogP contribution is -2.17. The van der Waals surface area contributed by atoms with Gasteiger partial charge in [0.05, 0.1) is 17.3 Å². The molecule has 0 bridgehead atoms. The molecule has 0 saturated heterocycles. The first-order chi connectivity index (χ1) is 14.6. The van der Waals surface area contributed by atoms with Crippen LogP contribution in [-0.4, -0.2) is 10.5 Å². The molecule has 1 N–H and O–H groups in total. The molecule has 0 spiro atoms. The first-order valence-corrected chi connectivity index (χ1v) is 10.9. The molecule has 6 heteroatoms. The molecular weight excluding hydrogens is 394 g/mol. The summed E-state index contributed by atoms with van der Waals surface area (Å²) in [6.07, 6.45) is 5.78. The largest absolute Gasteiger partial charge is 0.463 e. The standard InChI is InChI=1S/C24H21N3O2S/c1-15-6-8-16(9-7-15)14-27-19-10-11-29-21(19)12-20(27)23(28)26-24-18(13-25)17-4-2-3-5-22(17)30-24/h6-12H,2-5,14H2,1H3,(H,26,28). The number of nitriles is 1. The van der Waals surface area contributed by atoms with Crippen LogP contribution in [0.15, 0.2) is 47.1 Å². The molecule has 3 aromatic heterocycles. The third kappa shape index (κ3) is 3.21. The Bertz CT molecular complexity index is 1280. The van der Waals surface area contributed by atoms with Crippen LogP contribution in [0.1, 0.15) is 50.5 Å². The van der Waals surface area contributed by atoms with Gasteiger partial charge in [-0.1, -0.05) is 29.8 Å². The second kappa shape index (κ2) is 7.51. The van der Waals surface area contributed by atoms with Gasteiger partial charge < -0.3 is 14.3 Å². The summed E-state index contributed by atoms with van der Waals surface area (Å²) in [5, 5.41) is 13.4. The van der Waals surface area contributed by atoms with Crippen LogP contribution in [-0.2, 0) is 19.4 Å². The number of nitrogens with one attached hydrogen (secondary N) is 1. The van der Waals surface area contributed by atoms with Crippen molar-refractivity contribution in [2.75, 3.05) is 5.32 Å². The number of hydrogen-bond acceptors (Lipinski definition) is 4. The van der Waals surface area contributed by atoms with Gasteiger partial charge in [-0.2, -0.15) is 5.26 Å². The minimum atomic E-state index is -0.219. The molecule has 0 fully saturated rings. The predicted octanol–water partition coefficient (Wildman–Crippen LogP) is 5.66. The number of fused-ring (bicyclic) bond motifs is 2. The highest BCUT2D eigenvalue weighted by molar-refractivity contribution is 7.16. The molecule has 0 saturated carbocycles. The summed E-state index contributed by atoms with van der Waals surface area (Å²) in [6.45, 7) is 2.62. The first-order valence-electron chi connectivity index (χ1n) is 10.1. The van der Waals surface area contributed by atoms with Gasteiger partial charge in [0, 0.05) is 23.6 Å². The van der Waals surface area contributed by atoms with Crippen LogP contribution >= 0.6 is 11.3 Å². The number of carbonyl (C=O) groups excluding carboxylic acids is 1. The minimum absolute atomic E-state index is 0.219. The lowest BCUT2D eigenvalue weighted by molar-refractivity contribution is 0.101. The van der Waals surface area contributed by atoms with Crippen molar-refractivity contribution in [2.24, 2.45) is 0 Å². The average molecular weight is 416 g/mol. The molecule has 30 heavy (non-hydrogen) atoms. The van der Waals surface area contributed by atoms with Gasteiger partial charge in [-0.3, -0.25) is 4.79 Å². The molecule has 0 radical (unpaired) electrons. The number of carbonyl (C=O) groups is 1. The highest BCUT2D eigenvalue weighted by Gasteiger charge is 2.24. The number of aryl methyl sites for hydroxylation is 2. The summed E-state index contributed by atoms with van der Waals surface area (Å²) in [5.74, 6) is -0.219. The van der Waals surface area contributed by atoms with E-state index in [1.807, 2.05) is 10.6 Å². The Labute approximate surface area is 178 Å². The molecule has 150 valence electrons. The minimum Gasteiger partial charge on any atom is -0.463 e. The van der Waals surface area contributed by atoms with E-state index in [2.05, 4.69) is 42.6 Å². The summed E-state index contributed by atoms with van der Waals surface area (Å²) in [6, 6.07) is 14.3. The maximum Gasteiger partial charge on any atom is 0.273 e. The molecule has 1 aromatic carbocycles. The lowest BCUT2D eigenvalue weighted by Gasteiger charge is -2.11. The zero-order chi connectivity index (χ0) is 20.7. The number of nitrogens with zero attached hydrogens (tertiary/aromatic N) is 2. The summed E-state index contributed by atoms with van der Waals surface area (Å²) < 4.78 is 7.53. The van der Waals surface area contributed by atoms with E-state index in [0.717, 1.165) is 42.3 Å². The van der Waals surface area contributed by atoms with Crippen molar-refractivity contribution in [1.82, 2.24) is 4.57 Å². The molecule has 1 amide bonds. The predicted molar refractivity (Wildman–Crippen MR) is 118 cm³/mol. The zero-order valence-electron chi connectivity index (χ0n) is 16.7. The van der Waals surface area contributed by atoms with E-state index in [0.29, 0.717) is 28.4 Å². The Hall–Kier alpha value is -3.30. The Kier molecular flexibility index (Phi) is 4.68. The van der Waals surface area contributed by atoms with Gasteiger partial charge in [-0.15, -0.1) is 11.3 Å². The van der Waals surface area contributed by atoms with Gasteiger partial charge >= 0.3 is 0 Å². The van der Waals surface area contributed by atoms with Crippen molar-refractivity contribution < 1.29 is 9.21 Å². The van der Waals surface area contributed by atoms with Gasteiger partial charge in [0.15, 0.2) is 5.58 Å². The van der Waals surface area contributed by atoms with Gasteiger partial charge in [-0.05, 0) is 43.7 Å². The smallest absolute Gasteiger partial charge is 0.273 e. The van der Waals surface area contributed by atoms with Crippen LogP contribution in [0.5, 0.6) is 0 Å². The van der Waals surface area contributed by atoms with E-state index >= 15 is 0 Å². The number of benzene rings is 1. The van der Waals surface area contributed by atoms with E-state index in [1.165, 1.54) is 10.4 Å². The van der Waals surface area contributed by atoms with Gasteiger partial charge in [0.2, 0.25) is 0 Å². The van der Waals surface area contributed by atoms with E-state index in [9.17, 15) is 10.1 Å². The van der Waals surface area contributed by atoms with Crippen molar-refractivity contribution in [3.8, 4) is 6.07 Å². The van der Waals surface area contributed by atoms with Crippen molar-refractivity contribution in [2.45, 2.75) is 39.2 Å². The summed E-state index contributed by atoms with van der Waals surface area (Å²) in [5.41, 5.74) is 6.14. The molecule has 0 aliphatic heterocycles. The lowest BCUT2D eigenvalue weighted by atomic mass is 9.96.